The average molecular weight is 528 g/mol. The van der Waals surface area contributed by atoms with E-state index in [4.69, 9.17) is 0 Å². The van der Waals surface area contributed by atoms with Gasteiger partial charge in [-0.3, -0.25) is 9.20 Å². The fraction of sp³-hybridized carbons (Fsp3) is 0.103. The Hall–Kier alpha value is -4.95. The number of fused-ring (bicyclic) bond motifs is 6. The maximum absolute atomic E-state index is 13.9. The number of hydrogen-bond acceptors (Lipinski definition) is 1. The summed E-state index contributed by atoms with van der Waals surface area (Å²) in [6.45, 7) is 10.6. The predicted molar refractivity (Wildman–Crippen MR) is 173 cm³/mol. The van der Waals surface area contributed by atoms with Gasteiger partial charge in [0.2, 0.25) is 0 Å². The Balaban J connectivity index is 1.50. The van der Waals surface area contributed by atoms with Gasteiger partial charge < -0.3 is 0 Å². The maximum Gasteiger partial charge on any atom is 0.259 e. The Morgan fingerprint density at radius 2 is 1.34 bits per heavy atom. The summed E-state index contributed by atoms with van der Waals surface area (Å²) in [7, 11) is 0. The van der Waals surface area contributed by atoms with E-state index >= 15 is 0 Å². The summed E-state index contributed by atoms with van der Waals surface area (Å²) in [5, 5.41) is 3.27. The third-order valence-electron chi connectivity index (χ3n) is 9.29. The average Bonchev–Trinajstić information content (AvgIpc) is 3.45. The Morgan fingerprint density at radius 1 is 0.659 bits per heavy atom. The van der Waals surface area contributed by atoms with Gasteiger partial charge in [0.05, 0.1) is 11.0 Å². The van der Waals surface area contributed by atoms with Gasteiger partial charge in [0.15, 0.2) is 0 Å². The quantitative estimate of drug-likeness (QED) is 0.224. The number of pyridine rings is 1. The van der Waals surface area contributed by atoms with Crippen molar-refractivity contribution in [3.8, 4) is 33.4 Å². The van der Waals surface area contributed by atoms with Gasteiger partial charge in [0, 0.05) is 27.1 Å². The van der Waals surface area contributed by atoms with Crippen molar-refractivity contribution in [2.75, 3.05) is 0 Å². The monoisotopic (exact) mass is 527 g/mol. The van der Waals surface area contributed by atoms with Crippen molar-refractivity contribution in [1.82, 2.24) is 4.40 Å². The molecule has 0 saturated carbocycles. The van der Waals surface area contributed by atoms with Crippen molar-refractivity contribution in [2.24, 2.45) is 0 Å². The molecular weight excluding hydrogens is 498 g/mol. The second-order valence-corrected chi connectivity index (χ2v) is 11.8. The van der Waals surface area contributed by atoms with Crippen LogP contribution in [0.25, 0.3) is 66.6 Å². The van der Waals surface area contributed by atoms with Gasteiger partial charge >= 0.3 is 0 Å². The molecule has 5 aromatic carbocycles. The van der Waals surface area contributed by atoms with Crippen molar-refractivity contribution in [3.05, 3.63) is 142 Å². The van der Waals surface area contributed by atoms with Crippen LogP contribution in [0.1, 0.15) is 36.1 Å². The molecule has 0 N–H and O–H groups in total. The zero-order valence-corrected chi connectivity index (χ0v) is 23.5. The van der Waals surface area contributed by atoms with Crippen molar-refractivity contribution >= 4 is 33.3 Å². The molecule has 0 saturated heterocycles. The van der Waals surface area contributed by atoms with Crippen molar-refractivity contribution in [1.29, 1.82) is 0 Å². The number of nitrogens with zero attached hydrogens (tertiary/aromatic N) is 1. The first-order valence-corrected chi connectivity index (χ1v) is 14.2. The van der Waals surface area contributed by atoms with Gasteiger partial charge in [-0.05, 0) is 87.3 Å². The van der Waals surface area contributed by atoms with Crippen LogP contribution in [0.5, 0.6) is 0 Å². The minimum Gasteiger partial charge on any atom is -0.275 e. The lowest BCUT2D eigenvalue weighted by atomic mass is 9.82. The smallest absolute Gasteiger partial charge is 0.259 e. The lowest BCUT2D eigenvalue weighted by Crippen LogP contribution is -2.18. The topological polar surface area (TPSA) is 21.5 Å². The number of aromatic nitrogens is 1. The molecule has 0 aliphatic heterocycles. The van der Waals surface area contributed by atoms with E-state index < -0.39 is 0 Å². The summed E-state index contributed by atoms with van der Waals surface area (Å²) in [5.74, 6) is 0. The van der Waals surface area contributed by atoms with Crippen LogP contribution < -0.4 is 5.56 Å². The summed E-state index contributed by atoms with van der Waals surface area (Å²) in [6.07, 6.45) is 1.84. The van der Waals surface area contributed by atoms with Crippen LogP contribution in [-0.4, -0.2) is 4.40 Å². The van der Waals surface area contributed by atoms with Crippen LogP contribution in [0.15, 0.2) is 115 Å². The van der Waals surface area contributed by atoms with Crippen molar-refractivity contribution in [3.63, 3.8) is 0 Å². The molecule has 196 valence electrons. The molecule has 7 aromatic rings. The lowest BCUT2D eigenvalue weighted by molar-refractivity contribution is 0.661. The molecule has 2 heteroatoms. The van der Waals surface area contributed by atoms with Crippen molar-refractivity contribution in [2.45, 2.75) is 26.2 Å². The molecule has 2 nitrogen and oxygen atoms in total. The Morgan fingerprint density at radius 3 is 2.12 bits per heavy atom. The zero-order chi connectivity index (χ0) is 28.0. The molecule has 0 spiro atoms. The highest BCUT2D eigenvalue weighted by molar-refractivity contribution is 6.18. The molecule has 0 radical (unpaired) electrons. The first-order valence-electron chi connectivity index (χ1n) is 14.2. The second kappa shape index (κ2) is 8.28. The molecule has 1 aliphatic carbocycles. The first-order chi connectivity index (χ1) is 19.9. The highest BCUT2D eigenvalue weighted by Gasteiger charge is 2.36. The highest BCUT2D eigenvalue weighted by Crippen LogP contribution is 2.51. The van der Waals surface area contributed by atoms with Crippen LogP contribution in [0, 0.1) is 6.92 Å². The second-order valence-electron chi connectivity index (χ2n) is 11.8. The molecule has 8 rings (SSSR count). The normalized spacial score (nSPS) is 13.6. The van der Waals surface area contributed by atoms with Gasteiger partial charge in [-0.2, -0.15) is 0 Å². The number of benzene rings is 5. The zero-order valence-electron chi connectivity index (χ0n) is 23.5. The summed E-state index contributed by atoms with van der Waals surface area (Å²) >= 11 is 0. The molecule has 0 amide bonds. The number of rotatable bonds is 3. The molecule has 0 atom stereocenters. The standard InChI is InChI=1S/C39H29NO/c1-5-28-23(2)38(41)40-36-22-35-30(29-16-9-10-17-34(29)39(35,3)4)21-31(36)33-20-27(19-32(28)37(33)40)26-15-11-14-25(18-26)24-12-7-6-8-13-24/h5-22H,1H2,2-4H3. The van der Waals surface area contributed by atoms with Gasteiger partial charge in [-0.25, -0.2) is 0 Å². The van der Waals surface area contributed by atoms with Gasteiger partial charge in [-0.1, -0.05) is 99.3 Å². The molecule has 1 aliphatic rings. The van der Waals surface area contributed by atoms with Gasteiger partial charge in [-0.15, -0.1) is 0 Å². The maximum atomic E-state index is 13.9. The number of hydrogen-bond donors (Lipinski definition) is 0. The van der Waals surface area contributed by atoms with Crippen LogP contribution >= 0.6 is 0 Å². The largest absolute Gasteiger partial charge is 0.275 e. The molecular formula is C39H29NO. The predicted octanol–water partition coefficient (Wildman–Crippen LogP) is 9.64. The van der Waals surface area contributed by atoms with Crippen molar-refractivity contribution < 1.29 is 0 Å². The first kappa shape index (κ1) is 23.9. The van der Waals surface area contributed by atoms with E-state index in [0.29, 0.717) is 0 Å². The Labute approximate surface area is 239 Å². The van der Waals surface area contributed by atoms with E-state index in [1.807, 2.05) is 23.5 Å². The SMILES string of the molecule is C=Cc1c(C)c(=O)n2c3cc4c(cc3c3cc(-c5cccc(-c6ccccc6)c5)cc1c32)-c1ccccc1C4(C)C. The van der Waals surface area contributed by atoms with E-state index in [1.165, 1.54) is 33.4 Å². The Kier molecular flexibility index (Phi) is 4.83. The summed E-state index contributed by atoms with van der Waals surface area (Å²) in [4.78, 5) is 13.9. The molecule has 2 heterocycles. The van der Waals surface area contributed by atoms with Crippen LogP contribution in [0.2, 0.25) is 0 Å². The van der Waals surface area contributed by atoms with E-state index in [1.54, 1.807) is 0 Å². The molecule has 2 aromatic heterocycles. The van der Waals surface area contributed by atoms with Crippen LogP contribution in [0.4, 0.5) is 0 Å². The summed E-state index contributed by atoms with van der Waals surface area (Å²) in [5.41, 5.74) is 13.3. The molecule has 0 unspecified atom stereocenters. The summed E-state index contributed by atoms with van der Waals surface area (Å²) < 4.78 is 1.95. The van der Waals surface area contributed by atoms with E-state index in [2.05, 4.69) is 117 Å². The third kappa shape index (κ3) is 3.16. The van der Waals surface area contributed by atoms with E-state index in [9.17, 15) is 4.79 Å². The molecule has 41 heavy (non-hydrogen) atoms. The third-order valence-corrected chi connectivity index (χ3v) is 9.29. The summed E-state index contributed by atoms with van der Waals surface area (Å²) in [6, 6.07) is 37.0. The van der Waals surface area contributed by atoms with Crippen LogP contribution in [0.3, 0.4) is 0 Å². The van der Waals surface area contributed by atoms with E-state index in [-0.39, 0.29) is 11.0 Å². The fourth-order valence-electron chi connectivity index (χ4n) is 7.18. The Bertz CT molecular complexity index is 2270. The van der Waals surface area contributed by atoms with E-state index in [0.717, 1.165) is 49.4 Å². The van der Waals surface area contributed by atoms with Crippen LogP contribution in [-0.2, 0) is 5.41 Å². The highest BCUT2D eigenvalue weighted by atomic mass is 16.1. The lowest BCUT2D eigenvalue weighted by Gasteiger charge is -2.21. The molecule has 0 bridgehead atoms. The minimum atomic E-state index is -0.141. The molecule has 0 fully saturated rings. The van der Waals surface area contributed by atoms with Gasteiger partial charge in [0.1, 0.15) is 0 Å². The fourth-order valence-corrected chi connectivity index (χ4v) is 7.18. The minimum absolute atomic E-state index is 0.0273. The van der Waals surface area contributed by atoms with Gasteiger partial charge in [0.25, 0.3) is 5.56 Å².